The quantitative estimate of drug-likeness (QED) is 0.162. The van der Waals surface area contributed by atoms with E-state index in [0.717, 1.165) is 47.8 Å². The fourth-order valence-electron chi connectivity index (χ4n) is 5.49. The van der Waals surface area contributed by atoms with E-state index in [4.69, 9.17) is 9.47 Å². The van der Waals surface area contributed by atoms with Gasteiger partial charge in [0.1, 0.15) is 18.5 Å². The topological polar surface area (TPSA) is 155 Å². The summed E-state index contributed by atoms with van der Waals surface area (Å²) in [6.45, 7) is 0.402. The van der Waals surface area contributed by atoms with Gasteiger partial charge >= 0.3 is 18.1 Å². The van der Waals surface area contributed by atoms with E-state index in [2.05, 4.69) is 25.9 Å². The van der Waals surface area contributed by atoms with Gasteiger partial charge in [-0.2, -0.15) is 0 Å². The number of hydrogen-bond donors (Lipinski definition) is 4. The van der Waals surface area contributed by atoms with Gasteiger partial charge in [0.05, 0.1) is 24.7 Å². The molecule has 1 saturated carbocycles. The molecule has 1 aromatic heterocycles. The van der Waals surface area contributed by atoms with Crippen molar-refractivity contribution in [1.82, 2.24) is 30.8 Å². The average molecular weight is 641 g/mol. The summed E-state index contributed by atoms with van der Waals surface area (Å²) in [7, 11) is 1.19. The van der Waals surface area contributed by atoms with Crippen molar-refractivity contribution in [3.05, 3.63) is 101 Å². The monoisotopic (exact) mass is 640 g/mol. The Morgan fingerprint density at radius 1 is 0.894 bits per heavy atom. The molecule has 0 saturated heterocycles. The zero-order valence-electron chi connectivity index (χ0n) is 26.4. The van der Waals surface area contributed by atoms with Crippen LogP contribution in [-0.4, -0.2) is 64.6 Å². The number of urea groups is 1. The van der Waals surface area contributed by atoms with Gasteiger partial charge in [-0.25, -0.2) is 19.4 Å². The lowest BCUT2D eigenvalue weighted by Gasteiger charge is -2.28. The number of amides is 4. The summed E-state index contributed by atoms with van der Waals surface area (Å²) in [5, 5.41) is 8.31. The first kappa shape index (κ1) is 33.0. The molecule has 4 aromatic rings. The number of carbonyl (C=O) groups is 4. The predicted molar refractivity (Wildman–Crippen MR) is 175 cm³/mol. The summed E-state index contributed by atoms with van der Waals surface area (Å²) in [6, 6.07) is 22.5. The van der Waals surface area contributed by atoms with Gasteiger partial charge in [-0.3, -0.25) is 4.79 Å². The zero-order chi connectivity index (χ0) is 33.0. The summed E-state index contributed by atoms with van der Waals surface area (Å²) in [5.74, 6) is -0.494. The summed E-state index contributed by atoms with van der Waals surface area (Å²) in [6.07, 6.45) is 4.52. The smallest absolute Gasteiger partial charge is 0.408 e. The summed E-state index contributed by atoms with van der Waals surface area (Å²) >= 11 is 0. The van der Waals surface area contributed by atoms with Gasteiger partial charge in [-0.15, -0.1) is 0 Å². The van der Waals surface area contributed by atoms with Crippen LogP contribution in [0.1, 0.15) is 59.4 Å². The minimum absolute atomic E-state index is 0.0250. The Balaban J connectivity index is 1.19. The normalized spacial score (nSPS) is 13.7. The highest BCUT2D eigenvalue weighted by atomic mass is 16.6. The molecule has 12 heteroatoms. The highest BCUT2D eigenvalue weighted by molar-refractivity contribution is 5.94. The van der Waals surface area contributed by atoms with Crippen LogP contribution in [0.5, 0.6) is 0 Å². The lowest BCUT2D eigenvalue weighted by molar-refractivity contribution is -0.142. The molecule has 3 aromatic carbocycles. The maximum Gasteiger partial charge on any atom is 0.408 e. The Kier molecular flexibility index (Phi) is 11.4. The molecular formula is C35H40N6O6. The van der Waals surface area contributed by atoms with Crippen molar-refractivity contribution in [2.75, 3.05) is 13.7 Å². The lowest BCUT2D eigenvalue weighted by Crippen LogP contribution is -2.49. The minimum atomic E-state index is -1.15. The number of hydrogen-bond acceptors (Lipinski definition) is 7. The van der Waals surface area contributed by atoms with Crippen LogP contribution in [0.4, 0.5) is 9.59 Å². The first-order valence-corrected chi connectivity index (χ1v) is 15.8. The number of fused-ring (bicyclic) bond motifs is 1. The van der Waals surface area contributed by atoms with E-state index in [1.54, 1.807) is 41.3 Å². The Labute approximate surface area is 273 Å². The van der Waals surface area contributed by atoms with Crippen molar-refractivity contribution < 1.29 is 28.7 Å². The molecule has 47 heavy (non-hydrogen) atoms. The highest BCUT2D eigenvalue weighted by Gasteiger charge is 2.24. The van der Waals surface area contributed by atoms with E-state index in [9.17, 15) is 19.2 Å². The molecular weight excluding hydrogens is 600 g/mol. The summed E-state index contributed by atoms with van der Waals surface area (Å²) in [5.41, 5.74) is 3.70. The number of benzene rings is 3. The van der Waals surface area contributed by atoms with Crippen LogP contribution >= 0.6 is 0 Å². The number of alkyl carbamates (subject to hydrolysis) is 1. The van der Waals surface area contributed by atoms with Crippen LogP contribution in [0.15, 0.2) is 78.9 Å². The van der Waals surface area contributed by atoms with Crippen LogP contribution in [0, 0.1) is 0 Å². The summed E-state index contributed by atoms with van der Waals surface area (Å²) in [4.78, 5) is 60.7. The van der Waals surface area contributed by atoms with Gasteiger partial charge < -0.3 is 35.3 Å². The van der Waals surface area contributed by atoms with Gasteiger partial charge in [0.15, 0.2) is 0 Å². The Bertz CT molecular complexity index is 1620. The third-order valence-electron chi connectivity index (χ3n) is 8.05. The molecule has 1 aliphatic rings. The maximum absolute atomic E-state index is 13.5. The number of aromatic nitrogens is 2. The zero-order valence-corrected chi connectivity index (χ0v) is 26.4. The molecule has 0 unspecified atom stereocenters. The van der Waals surface area contributed by atoms with Gasteiger partial charge in [-0.05, 0) is 48.2 Å². The summed E-state index contributed by atoms with van der Waals surface area (Å²) < 4.78 is 9.98. The van der Waals surface area contributed by atoms with Crippen molar-refractivity contribution in [2.24, 2.45) is 0 Å². The maximum atomic E-state index is 13.5. The van der Waals surface area contributed by atoms with Gasteiger partial charge in [-0.1, -0.05) is 73.9 Å². The third-order valence-corrected chi connectivity index (χ3v) is 8.05. The fourth-order valence-corrected chi connectivity index (χ4v) is 5.49. The number of H-pyrrole nitrogens is 1. The van der Waals surface area contributed by atoms with Crippen molar-refractivity contribution in [3.8, 4) is 0 Å². The SMILES string of the molecule is COC(=O)[C@H](CNC(=O)c1ccc(CN(Cc2nc3ccccc3[nH]2)C(=O)NC2CCCCC2)cc1)NC(=O)OCc1ccccc1. The Morgan fingerprint density at radius 3 is 2.34 bits per heavy atom. The molecule has 1 heterocycles. The number of ether oxygens (including phenoxy) is 2. The van der Waals surface area contributed by atoms with Crippen LogP contribution in [-0.2, 0) is 34.0 Å². The van der Waals surface area contributed by atoms with E-state index >= 15 is 0 Å². The molecule has 1 fully saturated rings. The third kappa shape index (κ3) is 9.55. The van der Waals surface area contributed by atoms with Crippen LogP contribution in [0.25, 0.3) is 11.0 Å². The molecule has 1 atom stereocenters. The molecule has 12 nitrogen and oxygen atoms in total. The number of carbonyl (C=O) groups excluding carboxylic acids is 4. The van der Waals surface area contributed by atoms with Gasteiger partial charge in [0.25, 0.3) is 5.91 Å². The van der Waals surface area contributed by atoms with E-state index in [0.29, 0.717) is 17.9 Å². The molecule has 0 bridgehead atoms. The van der Waals surface area contributed by atoms with Gasteiger partial charge in [0, 0.05) is 24.7 Å². The first-order chi connectivity index (χ1) is 22.9. The molecule has 4 amide bonds. The number of rotatable bonds is 12. The average Bonchev–Trinajstić information content (AvgIpc) is 3.52. The van der Waals surface area contributed by atoms with Crippen LogP contribution in [0.3, 0.4) is 0 Å². The van der Waals surface area contributed by atoms with Crippen molar-refractivity contribution >= 4 is 35.0 Å². The van der Waals surface area contributed by atoms with Crippen molar-refractivity contribution in [2.45, 2.75) is 63.9 Å². The van der Waals surface area contributed by atoms with Gasteiger partial charge in [0.2, 0.25) is 0 Å². The lowest BCUT2D eigenvalue weighted by atomic mass is 9.96. The molecule has 1 aliphatic carbocycles. The molecule has 5 rings (SSSR count). The number of nitrogens with zero attached hydrogens (tertiary/aromatic N) is 2. The number of nitrogens with one attached hydrogen (secondary N) is 4. The largest absolute Gasteiger partial charge is 0.467 e. The predicted octanol–water partition coefficient (Wildman–Crippen LogP) is 4.81. The number of imidazole rings is 1. The molecule has 0 radical (unpaired) electrons. The van der Waals surface area contributed by atoms with Crippen LogP contribution < -0.4 is 16.0 Å². The van der Waals surface area contributed by atoms with E-state index < -0.39 is 24.0 Å². The fraction of sp³-hybridized carbons (Fsp3) is 0.343. The Morgan fingerprint density at radius 2 is 1.62 bits per heavy atom. The van der Waals surface area contributed by atoms with Crippen molar-refractivity contribution in [1.29, 1.82) is 0 Å². The second-order valence-corrected chi connectivity index (χ2v) is 11.5. The number of aromatic amines is 1. The number of methoxy groups -OCH3 is 1. The van der Waals surface area contributed by atoms with E-state index in [1.165, 1.54) is 13.5 Å². The first-order valence-electron chi connectivity index (χ1n) is 15.8. The van der Waals surface area contributed by atoms with Crippen molar-refractivity contribution in [3.63, 3.8) is 0 Å². The molecule has 0 aliphatic heterocycles. The van der Waals surface area contributed by atoms with E-state index in [-0.39, 0.29) is 31.8 Å². The van der Waals surface area contributed by atoms with Crippen LogP contribution in [0.2, 0.25) is 0 Å². The molecule has 4 N–H and O–H groups in total. The standard InChI is InChI=1S/C35H40N6O6/c1-46-33(43)30(40-35(45)47-23-25-10-4-2-5-11-25)20-36-32(42)26-18-16-24(17-19-26)21-41(34(44)37-27-12-6-3-7-13-27)22-31-38-28-14-8-9-15-29(28)39-31/h2,4-5,8-11,14-19,27,30H,3,6-7,12-13,20-23H2,1H3,(H,36,42)(H,37,44)(H,38,39)(H,40,45)/t30-/m0/s1. The molecule has 0 spiro atoms. The minimum Gasteiger partial charge on any atom is -0.467 e. The highest BCUT2D eigenvalue weighted by Crippen LogP contribution is 2.19. The van der Waals surface area contributed by atoms with E-state index in [1.807, 2.05) is 42.5 Å². The second-order valence-electron chi connectivity index (χ2n) is 11.5. The molecule has 246 valence electrons. The number of para-hydroxylation sites is 2. The number of esters is 1. The Hall–Kier alpha value is -5.39. The second kappa shape index (κ2) is 16.3.